The van der Waals surface area contributed by atoms with Crippen molar-refractivity contribution in [2.24, 2.45) is 0 Å². The van der Waals surface area contributed by atoms with Gasteiger partial charge in [-0.25, -0.2) is 49.8 Å². The van der Waals surface area contributed by atoms with Gasteiger partial charge in [-0.05, 0) is 230 Å². The zero-order valence-corrected chi connectivity index (χ0v) is 86.4. The van der Waals surface area contributed by atoms with Gasteiger partial charge in [0.15, 0.2) is 11.3 Å². The molecule has 3 atom stereocenters. The highest BCUT2D eigenvalue weighted by Gasteiger charge is 2.32. The van der Waals surface area contributed by atoms with Crippen molar-refractivity contribution < 1.29 is 4.74 Å². The van der Waals surface area contributed by atoms with E-state index in [9.17, 15) is 24.0 Å². The molecule has 6 aliphatic heterocycles. The minimum atomic E-state index is -0.119. The first-order chi connectivity index (χ1) is 70.7. The second kappa shape index (κ2) is 41.1. The van der Waals surface area contributed by atoms with Crippen LogP contribution in [0.1, 0.15) is 78.8 Å². The number of halogens is 2. The van der Waals surface area contributed by atoms with Gasteiger partial charge in [-0.3, -0.25) is 50.9 Å². The quantitative estimate of drug-likeness (QED) is 0.102. The summed E-state index contributed by atoms with van der Waals surface area (Å²) >= 11 is 17.8. The van der Waals surface area contributed by atoms with Gasteiger partial charge in [0.05, 0.1) is 125 Å². The Morgan fingerprint density at radius 2 is 0.740 bits per heavy atom. The monoisotopic (exact) mass is 2040 g/mol. The molecule has 0 amide bonds. The largest absolute Gasteiger partial charge is 0.489 e. The number of piperazine rings is 3. The van der Waals surface area contributed by atoms with Gasteiger partial charge in [0, 0.05) is 204 Å². The lowest BCUT2D eigenvalue weighted by Crippen LogP contribution is -2.54. The molecule has 3 N–H and O–H groups in total. The van der Waals surface area contributed by atoms with Crippen LogP contribution in [-0.2, 0) is 0 Å². The maximum absolute atomic E-state index is 12.9. The smallest absolute Gasteiger partial charge is 0.258 e. The van der Waals surface area contributed by atoms with Crippen LogP contribution in [0.15, 0.2) is 237 Å². The van der Waals surface area contributed by atoms with Gasteiger partial charge in [0.25, 0.3) is 27.8 Å². The van der Waals surface area contributed by atoms with Crippen molar-refractivity contribution in [3.05, 3.63) is 302 Å². The number of fused-ring (bicyclic) bond motifs is 11. The van der Waals surface area contributed by atoms with Crippen LogP contribution >= 0.6 is 57.2 Å². The van der Waals surface area contributed by atoms with Gasteiger partial charge in [-0.1, -0.05) is 41.4 Å². The Bertz CT molecular complexity index is 8740. The highest BCUT2D eigenvalue weighted by molar-refractivity contribution is 7.19. The van der Waals surface area contributed by atoms with Gasteiger partial charge < -0.3 is 54.0 Å². The number of rotatable bonds is 12. The number of piperidine rings is 2. The molecule has 17 aromatic heterocycles. The molecule has 0 saturated carbocycles. The summed E-state index contributed by atoms with van der Waals surface area (Å²) in [6.45, 7) is 28.1. The number of hydrogen-bond acceptors (Lipinski definition) is 28. The predicted molar refractivity (Wildman–Crippen MR) is 587 cm³/mol. The van der Waals surface area contributed by atoms with E-state index in [0.29, 0.717) is 108 Å². The van der Waals surface area contributed by atoms with Crippen molar-refractivity contribution in [2.75, 3.05) is 125 Å². The van der Waals surface area contributed by atoms with Gasteiger partial charge in [0.2, 0.25) is 0 Å². The Morgan fingerprint density at radius 1 is 0.356 bits per heavy atom. The molecule has 20 aromatic rings. The van der Waals surface area contributed by atoms with Gasteiger partial charge in [-0.2, -0.15) is 0 Å². The number of ether oxygens (including phenoxy) is 1. The Balaban J connectivity index is 0.000000104. The average Bonchev–Trinajstić information content (AvgIpc) is 1.31. The third-order valence-corrected chi connectivity index (χ3v) is 31.3. The van der Waals surface area contributed by atoms with E-state index in [-0.39, 0.29) is 33.9 Å². The van der Waals surface area contributed by atoms with Crippen LogP contribution in [0.4, 0.5) is 22.7 Å². The van der Waals surface area contributed by atoms with Crippen molar-refractivity contribution >= 4 is 150 Å². The first-order valence-electron chi connectivity index (χ1n) is 49.6. The molecule has 26 rings (SSSR count). The fourth-order valence-corrected chi connectivity index (χ4v) is 23.8. The van der Waals surface area contributed by atoms with E-state index in [1.165, 1.54) is 19.4 Å². The number of nitrogens with one attached hydrogen (secondary N) is 3. The van der Waals surface area contributed by atoms with Crippen molar-refractivity contribution in [3.8, 4) is 62.0 Å². The highest BCUT2D eigenvalue weighted by atomic mass is 35.5. The number of aryl methyl sites for hydroxylation is 5. The first kappa shape index (κ1) is 96.7. The molecule has 0 radical (unpaired) electrons. The van der Waals surface area contributed by atoms with Crippen molar-refractivity contribution in [2.45, 2.75) is 117 Å². The molecule has 0 spiro atoms. The van der Waals surface area contributed by atoms with E-state index in [1.54, 1.807) is 105 Å². The third-order valence-electron chi connectivity index (χ3n) is 27.9. The van der Waals surface area contributed by atoms with Crippen LogP contribution in [-0.4, -0.2) is 226 Å². The summed E-state index contributed by atoms with van der Waals surface area (Å²) in [7, 11) is 4.29. The Kier molecular flexibility index (Phi) is 27.2. The average molecular weight is 2050 g/mol. The second-order valence-electron chi connectivity index (χ2n) is 38.7. The second-order valence-corrected chi connectivity index (χ2v) is 43.2. The number of thiazole rings is 3. The van der Waals surface area contributed by atoms with Crippen molar-refractivity contribution in [3.63, 3.8) is 0 Å². The fraction of sp³-hybridized carbons (Fsp3) is 0.312. The molecular weight excluding hydrogens is 1940 g/mol. The number of benzene rings is 3. The number of hydrogen-bond donors (Lipinski definition) is 3. The predicted octanol–water partition coefficient (Wildman–Crippen LogP) is 16.3. The molecule has 6 aliphatic rings. The molecule has 3 aromatic carbocycles. The molecule has 32 nitrogen and oxygen atoms in total. The number of anilines is 4. The molecule has 37 heteroatoms. The molecule has 0 aliphatic carbocycles. The summed E-state index contributed by atoms with van der Waals surface area (Å²) in [6, 6.07) is 51.5. The van der Waals surface area contributed by atoms with Gasteiger partial charge >= 0.3 is 0 Å². The van der Waals surface area contributed by atoms with Gasteiger partial charge in [-0.15, -0.1) is 34.0 Å². The topological polar surface area (TPSA) is 310 Å². The minimum Gasteiger partial charge on any atom is -0.489 e. The standard InChI is InChI=1S/C23H23N5OS.C23H25N5OS.C22H23ClN6O.C21H20N4O2S.C20H19ClN6O/c1-15-24-19-6-4-16(11-21(19)30-15)20-12-23(29)28-14-18(5-7-22(28)25-20)27-10-9-26-8-2-3-17(26)13-27;1-15-24-19-6-4-16(12-21(19)30-15)20-13-23(29)28-14-18(5-7-22(28)25-20)27-10-8-17(9-11-27)26(2)3;1-13-8-27(9-14(2)24-13)17-4-5-20-26-19(7-21(30)29(20)12-17)16-6-18(23)22-25-15(3)10-28(22)11-16;1-13-23-17-4-2-14(10-19(17)28-13)18-11-21(26)25-12-16(3-5-20(25)24-18)27-15-6-8-22-9-7-15;1-13-10-26-11-14(8-16(21)20(26)23-13)17-9-19(28)27-12-15(2-3-18(27)24-17)25-6-4-22-5-7-25/h4-7,11-12,14,17H,2-3,8-10,13H2,1H3;4-7,12-14,17H,8-11H2,1-3H3;4-7,10-14,24H,8-9H2,1-3H3;2-5,10-12,15,22H,6-9H2,1H3;2-3,8-12,22H,4-7H2,1H3/t17-;;13-,14+;;/m1..../s1. The van der Waals surface area contributed by atoms with Crippen molar-refractivity contribution in [1.29, 1.82) is 0 Å². The minimum absolute atomic E-state index is 0.0445. The van der Waals surface area contributed by atoms with E-state index in [0.717, 1.165) is 218 Å². The van der Waals surface area contributed by atoms with Crippen LogP contribution in [0.5, 0.6) is 5.75 Å². The lowest BCUT2D eigenvalue weighted by atomic mass is 10.0. The van der Waals surface area contributed by atoms with Crippen LogP contribution in [0.25, 0.3) is 126 Å². The molecular formula is C109H110Cl2N26O6S3. The zero-order chi connectivity index (χ0) is 100. The number of pyridine rings is 7. The van der Waals surface area contributed by atoms with E-state index in [1.807, 2.05) is 184 Å². The lowest BCUT2D eigenvalue weighted by Gasteiger charge is -2.38. The summed E-state index contributed by atoms with van der Waals surface area (Å²) in [5, 5.41) is 14.4. The molecule has 23 heterocycles. The van der Waals surface area contributed by atoms with E-state index in [4.69, 9.17) is 42.9 Å². The normalized spacial score (nSPS) is 17.1. The molecule has 0 bridgehead atoms. The zero-order valence-electron chi connectivity index (χ0n) is 82.5. The number of nitrogens with zero attached hydrogens (tertiary/aromatic N) is 23. The number of imidazole rings is 2. The van der Waals surface area contributed by atoms with Crippen LogP contribution in [0.3, 0.4) is 0 Å². The maximum atomic E-state index is 12.9. The SMILES string of the molecule is Cc1cn2cc(-c3cc(=O)n4cc(N5CCNCC5)ccc4n3)cc(Cl)c2n1.Cc1cn2cc(-c3cc(=O)n4cc(N5C[C@@H](C)N[C@@H](C)C5)ccc4n3)cc(Cl)c2n1.Cc1nc2ccc(-c3cc(=O)n4cc(N5CCC(N(C)C)CC5)ccc4n3)cc2s1.Cc1nc2ccc(-c3cc(=O)n4cc(N5CCN6CCC[C@@H]6C5)ccc4n3)cc2s1.Cc1nc2ccc(-c3cc(=O)n4cc(OC5CCNCC5)ccc4n3)cc2s1. The Labute approximate surface area is 861 Å². The van der Waals surface area contributed by atoms with Crippen LogP contribution in [0, 0.1) is 34.6 Å². The lowest BCUT2D eigenvalue weighted by molar-refractivity contribution is 0.162. The molecule has 146 heavy (non-hydrogen) atoms. The highest BCUT2D eigenvalue weighted by Crippen LogP contribution is 2.36. The summed E-state index contributed by atoms with van der Waals surface area (Å²) < 4.78 is 21.2. The molecule has 0 unspecified atom stereocenters. The van der Waals surface area contributed by atoms with E-state index in [2.05, 4.69) is 132 Å². The third kappa shape index (κ3) is 20.7. The molecule has 6 saturated heterocycles. The van der Waals surface area contributed by atoms with Gasteiger partial charge in [0.1, 0.15) is 40.1 Å². The summed E-state index contributed by atoms with van der Waals surface area (Å²) in [6.07, 6.45) is 24.0. The summed E-state index contributed by atoms with van der Waals surface area (Å²) in [4.78, 5) is 125. The molecule has 744 valence electrons. The Morgan fingerprint density at radius 3 is 1.16 bits per heavy atom. The number of aromatic nitrogens is 17. The Hall–Kier alpha value is -14.1. The van der Waals surface area contributed by atoms with Crippen molar-refractivity contribution in [1.82, 2.24) is 106 Å². The maximum Gasteiger partial charge on any atom is 0.258 e. The van der Waals surface area contributed by atoms with E-state index >= 15 is 0 Å². The van der Waals surface area contributed by atoms with Crippen LogP contribution < -0.4 is 68.1 Å². The van der Waals surface area contributed by atoms with Crippen LogP contribution in [0.2, 0.25) is 10.0 Å². The fourth-order valence-electron chi connectivity index (χ4n) is 20.7. The van der Waals surface area contributed by atoms with E-state index < -0.39 is 0 Å². The molecule has 6 fully saturated rings. The summed E-state index contributed by atoms with van der Waals surface area (Å²) in [5.41, 5.74) is 20.7. The first-order valence-corrected chi connectivity index (χ1v) is 52.8. The summed E-state index contributed by atoms with van der Waals surface area (Å²) in [5.74, 6) is 0.706.